The number of aromatic nitrogens is 2. The van der Waals surface area contributed by atoms with Crippen molar-refractivity contribution < 1.29 is 9.84 Å². The van der Waals surface area contributed by atoms with Crippen LogP contribution in [-0.2, 0) is 12.6 Å². The molecule has 0 unspecified atom stereocenters. The third-order valence-electron chi connectivity index (χ3n) is 5.24. The first-order chi connectivity index (χ1) is 14.2. The summed E-state index contributed by atoms with van der Waals surface area (Å²) in [5.74, 6) is 1.20. The molecule has 0 aliphatic rings. The van der Waals surface area contributed by atoms with Crippen LogP contribution < -0.4 is 10.3 Å². The molecule has 0 aliphatic carbocycles. The van der Waals surface area contributed by atoms with E-state index in [4.69, 9.17) is 4.74 Å². The number of thiophene rings is 1. The Hall–Kier alpha value is -2.96. The van der Waals surface area contributed by atoms with Gasteiger partial charge in [0, 0.05) is 40.8 Å². The van der Waals surface area contributed by atoms with Crippen LogP contribution >= 0.6 is 11.3 Å². The minimum absolute atomic E-state index is 0.0428. The van der Waals surface area contributed by atoms with E-state index in [0.29, 0.717) is 16.8 Å². The summed E-state index contributed by atoms with van der Waals surface area (Å²) in [7, 11) is 1.74. The lowest BCUT2D eigenvalue weighted by Crippen LogP contribution is -2.17. The lowest BCUT2D eigenvalue weighted by Gasteiger charge is -2.21. The van der Waals surface area contributed by atoms with Crippen LogP contribution in [0.2, 0.25) is 0 Å². The molecule has 0 bridgehead atoms. The third kappa shape index (κ3) is 3.53. The van der Waals surface area contributed by atoms with Crippen molar-refractivity contribution in [3.8, 4) is 22.8 Å². The van der Waals surface area contributed by atoms with Gasteiger partial charge in [0.25, 0.3) is 5.56 Å². The van der Waals surface area contributed by atoms with E-state index < -0.39 is 5.60 Å². The van der Waals surface area contributed by atoms with Crippen molar-refractivity contribution in [1.82, 2.24) is 9.55 Å². The number of hydrogen-bond donors (Lipinski definition) is 1. The SMILES string of the molecule is Cc1cccc(C)c1Oc1ncc(C(C)(C)O)cc1-c1cn(C)c(=O)c2ccsc12. The fraction of sp³-hybridized carbons (Fsp3) is 0.250. The summed E-state index contributed by atoms with van der Waals surface area (Å²) >= 11 is 1.51. The molecule has 0 atom stereocenters. The molecular formula is C24H24N2O3S. The predicted molar refractivity (Wildman–Crippen MR) is 122 cm³/mol. The summed E-state index contributed by atoms with van der Waals surface area (Å²) < 4.78 is 8.76. The molecule has 4 aromatic rings. The van der Waals surface area contributed by atoms with Crippen LogP contribution in [0.3, 0.4) is 0 Å². The van der Waals surface area contributed by atoms with Gasteiger partial charge in [-0.2, -0.15) is 0 Å². The maximum atomic E-state index is 12.5. The Balaban J connectivity index is 1.99. The highest BCUT2D eigenvalue weighted by molar-refractivity contribution is 7.17. The zero-order valence-electron chi connectivity index (χ0n) is 17.7. The third-order valence-corrected chi connectivity index (χ3v) is 6.19. The molecule has 0 amide bonds. The average Bonchev–Trinajstić information content (AvgIpc) is 3.17. The molecule has 0 saturated heterocycles. The van der Waals surface area contributed by atoms with Gasteiger partial charge in [-0.1, -0.05) is 18.2 Å². The van der Waals surface area contributed by atoms with Crippen LogP contribution in [0.15, 0.2) is 52.9 Å². The molecule has 3 heterocycles. The molecule has 0 spiro atoms. The Morgan fingerprint density at radius 3 is 2.50 bits per heavy atom. The van der Waals surface area contributed by atoms with E-state index in [1.165, 1.54) is 11.3 Å². The van der Waals surface area contributed by atoms with E-state index in [-0.39, 0.29) is 5.56 Å². The number of aryl methyl sites for hydroxylation is 3. The summed E-state index contributed by atoms with van der Waals surface area (Å²) in [6.45, 7) is 7.44. The fourth-order valence-electron chi connectivity index (χ4n) is 3.50. The van der Waals surface area contributed by atoms with Gasteiger partial charge in [0.2, 0.25) is 5.88 Å². The van der Waals surface area contributed by atoms with Crippen molar-refractivity contribution in [2.45, 2.75) is 33.3 Å². The quantitative estimate of drug-likeness (QED) is 0.487. The Morgan fingerprint density at radius 1 is 1.13 bits per heavy atom. The normalized spacial score (nSPS) is 11.8. The minimum Gasteiger partial charge on any atom is -0.438 e. The number of aliphatic hydroxyl groups is 1. The molecule has 154 valence electrons. The predicted octanol–water partition coefficient (Wildman–Crippen LogP) is 5.30. The Bertz CT molecular complexity index is 1290. The van der Waals surface area contributed by atoms with Crippen LogP contribution in [0.5, 0.6) is 11.6 Å². The number of hydrogen-bond acceptors (Lipinski definition) is 5. The summed E-state index contributed by atoms with van der Waals surface area (Å²) in [6, 6.07) is 9.72. The molecule has 3 aromatic heterocycles. The lowest BCUT2D eigenvalue weighted by atomic mass is 9.96. The Kier molecular flexibility index (Phi) is 5.00. The van der Waals surface area contributed by atoms with E-state index >= 15 is 0 Å². The molecule has 0 saturated carbocycles. The number of ether oxygens (including phenoxy) is 1. The zero-order valence-corrected chi connectivity index (χ0v) is 18.5. The smallest absolute Gasteiger partial charge is 0.259 e. The van der Waals surface area contributed by atoms with E-state index in [1.807, 2.05) is 55.8 Å². The highest BCUT2D eigenvalue weighted by Crippen LogP contribution is 2.40. The van der Waals surface area contributed by atoms with E-state index in [2.05, 4.69) is 4.98 Å². The molecule has 0 aliphatic heterocycles. The summed E-state index contributed by atoms with van der Waals surface area (Å²) in [5.41, 5.74) is 3.17. The van der Waals surface area contributed by atoms with Crippen molar-refractivity contribution in [3.63, 3.8) is 0 Å². The highest BCUT2D eigenvalue weighted by atomic mass is 32.1. The van der Waals surface area contributed by atoms with E-state index in [0.717, 1.165) is 32.7 Å². The van der Waals surface area contributed by atoms with Gasteiger partial charge < -0.3 is 14.4 Å². The maximum absolute atomic E-state index is 12.5. The minimum atomic E-state index is -1.06. The van der Waals surface area contributed by atoms with E-state index in [1.54, 1.807) is 31.7 Å². The van der Waals surface area contributed by atoms with Crippen LogP contribution in [0.4, 0.5) is 0 Å². The second kappa shape index (κ2) is 7.38. The second-order valence-electron chi connectivity index (χ2n) is 8.08. The van der Waals surface area contributed by atoms with Gasteiger partial charge in [0.15, 0.2) is 0 Å². The van der Waals surface area contributed by atoms with Gasteiger partial charge in [0.05, 0.1) is 11.0 Å². The molecule has 5 nitrogen and oxygen atoms in total. The second-order valence-corrected chi connectivity index (χ2v) is 9.00. The molecule has 0 radical (unpaired) electrons. The van der Waals surface area contributed by atoms with Crippen molar-refractivity contribution in [1.29, 1.82) is 0 Å². The molecule has 4 rings (SSSR count). The van der Waals surface area contributed by atoms with Crippen LogP contribution in [0.1, 0.15) is 30.5 Å². The van der Waals surface area contributed by atoms with Crippen molar-refractivity contribution >= 4 is 21.4 Å². The number of nitrogens with zero attached hydrogens (tertiary/aromatic N) is 2. The first kappa shape index (κ1) is 20.3. The lowest BCUT2D eigenvalue weighted by molar-refractivity contribution is 0.0782. The molecule has 1 aromatic carbocycles. The van der Waals surface area contributed by atoms with Crippen molar-refractivity contribution in [2.24, 2.45) is 7.05 Å². The van der Waals surface area contributed by atoms with Crippen molar-refractivity contribution in [3.05, 3.63) is 75.1 Å². The molecule has 0 fully saturated rings. The van der Waals surface area contributed by atoms with Gasteiger partial charge in [-0.05, 0) is 56.3 Å². The average molecular weight is 421 g/mol. The number of pyridine rings is 2. The monoisotopic (exact) mass is 420 g/mol. The molecule has 30 heavy (non-hydrogen) atoms. The Labute approximate surface area is 179 Å². The van der Waals surface area contributed by atoms with Crippen molar-refractivity contribution in [2.75, 3.05) is 0 Å². The summed E-state index contributed by atoms with van der Waals surface area (Å²) in [6.07, 6.45) is 3.45. The summed E-state index contributed by atoms with van der Waals surface area (Å²) in [4.78, 5) is 17.1. The topological polar surface area (TPSA) is 64.3 Å². The zero-order chi connectivity index (χ0) is 21.6. The van der Waals surface area contributed by atoms with Crippen LogP contribution in [0, 0.1) is 13.8 Å². The number of benzene rings is 1. The molecule has 1 N–H and O–H groups in total. The largest absolute Gasteiger partial charge is 0.438 e. The van der Waals surface area contributed by atoms with Crippen LogP contribution in [-0.4, -0.2) is 14.7 Å². The summed E-state index contributed by atoms with van der Waals surface area (Å²) in [5, 5.41) is 13.1. The number of para-hydroxylation sites is 1. The maximum Gasteiger partial charge on any atom is 0.259 e. The highest BCUT2D eigenvalue weighted by Gasteiger charge is 2.22. The van der Waals surface area contributed by atoms with Gasteiger partial charge >= 0.3 is 0 Å². The molecular weight excluding hydrogens is 396 g/mol. The standard InChI is InChI=1S/C24H24N2O3S/c1-14-7-6-8-15(2)20(14)29-22-18(11-16(12-25-22)24(3,4)28)19-13-26(5)23(27)17-9-10-30-21(17)19/h6-13,28H,1-5H3. The van der Waals surface area contributed by atoms with Gasteiger partial charge in [-0.25, -0.2) is 4.98 Å². The van der Waals surface area contributed by atoms with Gasteiger partial charge in [-0.15, -0.1) is 11.3 Å². The number of rotatable bonds is 4. The molecule has 6 heteroatoms. The first-order valence-electron chi connectivity index (χ1n) is 9.71. The number of fused-ring (bicyclic) bond motifs is 1. The van der Waals surface area contributed by atoms with E-state index in [9.17, 15) is 9.90 Å². The fourth-order valence-corrected chi connectivity index (χ4v) is 4.41. The van der Waals surface area contributed by atoms with Gasteiger partial charge in [-0.3, -0.25) is 4.79 Å². The first-order valence-corrected chi connectivity index (χ1v) is 10.6. The Morgan fingerprint density at radius 2 is 1.83 bits per heavy atom. The van der Waals surface area contributed by atoms with Crippen LogP contribution in [0.25, 0.3) is 21.2 Å². The van der Waals surface area contributed by atoms with Gasteiger partial charge in [0.1, 0.15) is 5.75 Å².